The third-order valence-corrected chi connectivity index (χ3v) is 4.97. The van der Waals surface area contributed by atoms with Crippen molar-refractivity contribution >= 4 is 33.4 Å². The molecule has 2 heterocycles. The molecule has 1 N–H and O–H groups in total. The summed E-state index contributed by atoms with van der Waals surface area (Å²) < 4.78 is 32.1. The van der Waals surface area contributed by atoms with Crippen molar-refractivity contribution in [1.82, 2.24) is 10.2 Å². The summed E-state index contributed by atoms with van der Waals surface area (Å²) in [5.41, 5.74) is 0.435. The van der Waals surface area contributed by atoms with Gasteiger partial charge in [-0.2, -0.15) is 0 Å². The predicted octanol–water partition coefficient (Wildman–Crippen LogP) is 1.33. The standard InChI is InChI=1S/C16H16ClN3O4S/c17-13-2-4-14(5-3-13)24-9-7-18-16(21)12-1-6-15-19-25(22,23)10-8-20(15)11-12/h1-6,11H,7-10H2,(H,18,21). The molecule has 0 saturated heterocycles. The summed E-state index contributed by atoms with van der Waals surface area (Å²) in [7, 11) is -3.40. The van der Waals surface area contributed by atoms with Crippen molar-refractivity contribution in [3.8, 4) is 5.75 Å². The first kappa shape index (κ1) is 17.5. The van der Waals surface area contributed by atoms with Crippen LogP contribution in [0.25, 0.3) is 0 Å². The summed E-state index contributed by atoms with van der Waals surface area (Å²) in [6.45, 7) is 0.933. The fourth-order valence-corrected chi connectivity index (χ4v) is 3.40. The quantitative estimate of drug-likeness (QED) is 0.777. The Morgan fingerprint density at radius 2 is 2.04 bits per heavy atom. The van der Waals surface area contributed by atoms with E-state index in [9.17, 15) is 13.2 Å². The van der Waals surface area contributed by atoms with Crippen molar-refractivity contribution in [2.24, 2.45) is 4.40 Å². The van der Waals surface area contributed by atoms with Crippen LogP contribution < -0.4 is 10.1 Å². The molecular formula is C16H16ClN3O4S. The van der Waals surface area contributed by atoms with Gasteiger partial charge < -0.3 is 15.0 Å². The van der Waals surface area contributed by atoms with Gasteiger partial charge in [-0.15, -0.1) is 4.40 Å². The summed E-state index contributed by atoms with van der Waals surface area (Å²) in [5, 5.41) is 3.38. The van der Waals surface area contributed by atoms with Crippen LogP contribution in [0.3, 0.4) is 0 Å². The van der Waals surface area contributed by atoms with Crippen LogP contribution in [0.15, 0.2) is 52.6 Å². The van der Waals surface area contributed by atoms with E-state index < -0.39 is 10.0 Å². The van der Waals surface area contributed by atoms with Crippen LogP contribution in [-0.4, -0.2) is 50.5 Å². The largest absolute Gasteiger partial charge is 0.492 e. The first-order valence-electron chi connectivity index (χ1n) is 7.59. The summed E-state index contributed by atoms with van der Waals surface area (Å²) in [6.07, 6.45) is 4.67. The fourth-order valence-electron chi connectivity index (χ4n) is 2.30. The van der Waals surface area contributed by atoms with Gasteiger partial charge in [0.1, 0.15) is 18.2 Å². The minimum absolute atomic E-state index is 0.0648. The van der Waals surface area contributed by atoms with Gasteiger partial charge in [-0.1, -0.05) is 11.6 Å². The monoisotopic (exact) mass is 381 g/mol. The molecule has 1 amide bonds. The first-order valence-corrected chi connectivity index (χ1v) is 9.57. The van der Waals surface area contributed by atoms with E-state index in [0.717, 1.165) is 0 Å². The van der Waals surface area contributed by atoms with Crippen LogP contribution in [0.5, 0.6) is 5.75 Å². The molecule has 0 fully saturated rings. The lowest BCUT2D eigenvalue weighted by atomic mass is 10.2. The molecule has 3 rings (SSSR count). The van der Waals surface area contributed by atoms with Crippen LogP contribution in [-0.2, 0) is 14.8 Å². The Labute approximate surface area is 150 Å². The highest BCUT2D eigenvalue weighted by Crippen LogP contribution is 2.16. The highest BCUT2D eigenvalue weighted by Gasteiger charge is 2.24. The average molecular weight is 382 g/mol. The van der Waals surface area contributed by atoms with Crippen molar-refractivity contribution in [3.05, 3.63) is 53.2 Å². The van der Waals surface area contributed by atoms with Crippen molar-refractivity contribution < 1.29 is 17.9 Å². The zero-order valence-corrected chi connectivity index (χ0v) is 14.8. The van der Waals surface area contributed by atoms with Crippen molar-refractivity contribution in [2.45, 2.75) is 0 Å². The van der Waals surface area contributed by atoms with E-state index in [1.807, 2.05) is 0 Å². The van der Waals surface area contributed by atoms with Crippen molar-refractivity contribution in [3.63, 3.8) is 0 Å². The third-order valence-electron chi connectivity index (χ3n) is 3.56. The number of amides is 1. The van der Waals surface area contributed by atoms with Gasteiger partial charge >= 0.3 is 0 Å². The maximum atomic E-state index is 12.2. The van der Waals surface area contributed by atoms with Crippen LogP contribution in [0.1, 0.15) is 0 Å². The maximum absolute atomic E-state index is 12.2. The van der Waals surface area contributed by atoms with Crippen LogP contribution in [0.2, 0.25) is 5.02 Å². The summed E-state index contributed by atoms with van der Waals surface area (Å²) in [5.74, 6) is 0.674. The number of sulfonamides is 1. The highest BCUT2D eigenvalue weighted by molar-refractivity contribution is 7.90. The normalized spacial score (nSPS) is 18.0. The number of fused-ring (bicyclic) bond motifs is 1. The van der Waals surface area contributed by atoms with Gasteiger partial charge in [0.15, 0.2) is 0 Å². The van der Waals surface area contributed by atoms with Gasteiger partial charge in [-0.3, -0.25) is 4.79 Å². The number of carbonyl (C=O) groups excluding carboxylic acids is 1. The second kappa shape index (κ2) is 7.28. The zero-order chi connectivity index (χ0) is 17.9. The van der Waals surface area contributed by atoms with Gasteiger partial charge in [0.25, 0.3) is 15.9 Å². The Hall–Kier alpha value is -2.32. The van der Waals surface area contributed by atoms with E-state index in [2.05, 4.69) is 9.71 Å². The number of halogens is 1. The number of rotatable bonds is 5. The molecule has 132 valence electrons. The minimum Gasteiger partial charge on any atom is -0.492 e. The molecule has 0 radical (unpaired) electrons. The lowest BCUT2D eigenvalue weighted by Crippen LogP contribution is -2.38. The molecule has 1 aromatic rings. The minimum atomic E-state index is -3.40. The number of nitrogens with one attached hydrogen (secondary N) is 1. The van der Waals surface area contributed by atoms with Crippen LogP contribution >= 0.6 is 11.6 Å². The van der Waals surface area contributed by atoms with Crippen LogP contribution in [0.4, 0.5) is 0 Å². The molecule has 1 aromatic carbocycles. The van der Waals surface area contributed by atoms with E-state index in [0.29, 0.717) is 35.3 Å². The molecule has 0 aliphatic carbocycles. The Bertz CT molecular complexity index is 860. The number of carbonyl (C=O) groups is 1. The van der Waals surface area contributed by atoms with E-state index in [1.165, 1.54) is 6.08 Å². The smallest absolute Gasteiger partial charge is 0.256 e. The number of hydrogen-bond acceptors (Lipinski definition) is 5. The van der Waals surface area contributed by atoms with Crippen molar-refractivity contribution in [1.29, 1.82) is 0 Å². The molecule has 0 unspecified atom stereocenters. The van der Waals surface area contributed by atoms with E-state index in [-0.39, 0.29) is 18.2 Å². The molecule has 2 aliphatic heterocycles. The molecule has 0 bridgehead atoms. The molecule has 0 aromatic heterocycles. The number of benzene rings is 1. The molecule has 0 atom stereocenters. The topological polar surface area (TPSA) is 88.1 Å². The molecule has 9 heteroatoms. The number of amidine groups is 1. The number of ether oxygens (including phenoxy) is 1. The van der Waals surface area contributed by atoms with Crippen LogP contribution in [0, 0.1) is 0 Å². The molecule has 2 aliphatic rings. The number of nitrogens with zero attached hydrogens (tertiary/aromatic N) is 2. The first-order chi connectivity index (χ1) is 11.9. The maximum Gasteiger partial charge on any atom is 0.256 e. The predicted molar refractivity (Wildman–Crippen MR) is 95.1 cm³/mol. The van der Waals surface area contributed by atoms with Crippen molar-refractivity contribution in [2.75, 3.05) is 25.4 Å². The Kier molecular flexibility index (Phi) is 5.10. The summed E-state index contributed by atoms with van der Waals surface area (Å²) in [6, 6.07) is 6.96. The average Bonchev–Trinajstić information content (AvgIpc) is 2.59. The molecule has 25 heavy (non-hydrogen) atoms. The molecule has 0 spiro atoms. The highest BCUT2D eigenvalue weighted by atomic mass is 35.5. The van der Waals surface area contributed by atoms with Gasteiger partial charge in [-0.05, 0) is 36.4 Å². The molecule has 7 nitrogen and oxygen atoms in total. The van der Waals surface area contributed by atoms with Gasteiger partial charge in [0.2, 0.25) is 0 Å². The van der Waals surface area contributed by atoms with Gasteiger partial charge in [0.05, 0.1) is 17.9 Å². The lowest BCUT2D eigenvalue weighted by molar-refractivity contribution is -0.117. The third kappa shape index (κ3) is 4.61. The summed E-state index contributed by atoms with van der Waals surface area (Å²) in [4.78, 5) is 13.8. The van der Waals surface area contributed by atoms with E-state index >= 15 is 0 Å². The second-order valence-corrected chi connectivity index (χ2v) is 7.60. The fraction of sp³-hybridized carbons (Fsp3) is 0.250. The Morgan fingerprint density at radius 3 is 2.80 bits per heavy atom. The Morgan fingerprint density at radius 1 is 1.28 bits per heavy atom. The molecule has 0 saturated carbocycles. The summed E-state index contributed by atoms with van der Waals surface area (Å²) >= 11 is 5.79. The number of hydrogen-bond donors (Lipinski definition) is 1. The van der Waals surface area contributed by atoms with E-state index in [1.54, 1.807) is 41.4 Å². The van der Waals surface area contributed by atoms with E-state index in [4.69, 9.17) is 16.3 Å². The van der Waals surface area contributed by atoms with Gasteiger partial charge in [-0.25, -0.2) is 8.42 Å². The Balaban J connectivity index is 1.50. The lowest BCUT2D eigenvalue weighted by Gasteiger charge is -2.26. The second-order valence-electron chi connectivity index (χ2n) is 5.40. The van der Waals surface area contributed by atoms with Gasteiger partial charge in [0, 0.05) is 17.8 Å². The molecular weight excluding hydrogens is 366 g/mol. The zero-order valence-electron chi connectivity index (χ0n) is 13.2. The SMILES string of the molecule is O=C(NCCOc1ccc(Cl)cc1)C1=CN2CCS(=O)(=O)N=C2C=C1.